The molecular formula is CuMgN2O6+2. The van der Waals surface area contributed by atoms with Crippen LogP contribution in [0.1, 0.15) is 0 Å². The molecule has 8 nitrogen and oxygen atoms in total. The predicted octanol–water partition coefficient (Wildman–Crippen LogP) is -0.862. The van der Waals surface area contributed by atoms with Crippen LogP contribution in [0.25, 0.3) is 0 Å². The number of hydrogen-bond donors (Lipinski definition) is 0. The third-order valence-corrected chi connectivity index (χ3v) is 0. The van der Waals surface area contributed by atoms with Crippen molar-refractivity contribution in [3.05, 3.63) is 30.6 Å². The Kier molecular flexibility index (Phi) is 35.9. The molecule has 0 aromatic rings. The van der Waals surface area contributed by atoms with Crippen molar-refractivity contribution in [2.75, 3.05) is 0 Å². The molecule has 0 rings (SSSR count). The van der Waals surface area contributed by atoms with Crippen molar-refractivity contribution in [2.45, 2.75) is 0 Å². The van der Waals surface area contributed by atoms with Gasteiger partial charge in [-0.15, -0.1) is 0 Å². The van der Waals surface area contributed by atoms with Gasteiger partial charge in [0.05, 0.1) is 10.2 Å². The minimum absolute atomic E-state index is 0. The third kappa shape index (κ3) is 3480. The summed E-state index contributed by atoms with van der Waals surface area (Å²) in [7, 11) is 0. The van der Waals surface area contributed by atoms with Crippen molar-refractivity contribution in [1.82, 2.24) is 0 Å². The van der Waals surface area contributed by atoms with Crippen LogP contribution in [0, 0.1) is 30.6 Å². The first kappa shape index (κ1) is 22.6. The molecule has 0 N–H and O–H groups in total. The van der Waals surface area contributed by atoms with Crippen LogP contribution in [-0.4, -0.2) is 33.2 Å². The van der Waals surface area contributed by atoms with Gasteiger partial charge in [-0.2, -0.15) is 0 Å². The quantitative estimate of drug-likeness (QED) is 0.291. The Morgan fingerprint density at radius 2 is 0.800 bits per heavy atom. The maximum atomic E-state index is 8.25. The molecule has 0 spiro atoms. The van der Waals surface area contributed by atoms with E-state index in [1.807, 2.05) is 0 Å². The van der Waals surface area contributed by atoms with E-state index in [0.717, 1.165) is 0 Å². The minimum atomic E-state index is -1.75. The average molecular weight is 212 g/mol. The molecule has 0 amide bonds. The van der Waals surface area contributed by atoms with Crippen LogP contribution in [0.3, 0.4) is 0 Å². The predicted molar refractivity (Wildman–Crippen MR) is 26.5 cm³/mol. The molecule has 0 saturated carbocycles. The molecular weight excluding hydrogens is 212 g/mol. The van der Waals surface area contributed by atoms with Crippen molar-refractivity contribution >= 4 is 23.1 Å². The first-order valence-electron chi connectivity index (χ1n) is 1.10. The summed E-state index contributed by atoms with van der Waals surface area (Å²) in [6.45, 7) is 0. The molecule has 0 heterocycles. The van der Waals surface area contributed by atoms with Crippen molar-refractivity contribution < 1.29 is 27.2 Å². The molecule has 0 aliphatic heterocycles. The fourth-order valence-corrected chi connectivity index (χ4v) is 0. The van der Waals surface area contributed by atoms with Gasteiger partial charge in [0.15, 0.2) is 0 Å². The van der Waals surface area contributed by atoms with Crippen molar-refractivity contribution in [2.24, 2.45) is 0 Å². The molecule has 1 radical (unpaired) electrons. The van der Waals surface area contributed by atoms with E-state index < -0.39 is 10.2 Å². The van der Waals surface area contributed by atoms with Gasteiger partial charge in [-0.3, -0.25) is 0 Å². The molecule has 0 aromatic carbocycles. The topological polar surface area (TPSA) is 132 Å². The summed E-state index contributed by atoms with van der Waals surface area (Å²) < 4.78 is 0. The van der Waals surface area contributed by atoms with Crippen LogP contribution in [-0.2, 0) is 17.1 Å². The van der Waals surface area contributed by atoms with Gasteiger partial charge in [-0.25, -0.2) is 0 Å². The van der Waals surface area contributed by atoms with Gasteiger partial charge in [0.2, 0.25) is 0 Å². The Hall–Kier alpha value is -0.314. The number of hydrogen-bond acceptors (Lipinski definition) is 6. The zero-order valence-electron chi connectivity index (χ0n) is 4.35. The molecule has 10 heteroatoms. The van der Waals surface area contributed by atoms with Crippen molar-refractivity contribution in [3.8, 4) is 0 Å². The molecule has 0 aromatic heterocycles. The maximum absolute atomic E-state index is 8.25. The van der Waals surface area contributed by atoms with E-state index in [2.05, 4.69) is 0 Å². The smallest absolute Gasteiger partial charge is 0.356 e. The fourth-order valence-electron chi connectivity index (χ4n) is 0. The van der Waals surface area contributed by atoms with Crippen molar-refractivity contribution in [1.29, 1.82) is 0 Å². The first-order chi connectivity index (χ1) is 3.46. The summed E-state index contributed by atoms with van der Waals surface area (Å²) in [6.07, 6.45) is 0. The van der Waals surface area contributed by atoms with E-state index >= 15 is 0 Å². The maximum Gasteiger partial charge on any atom is 2.00 e. The van der Waals surface area contributed by atoms with Crippen molar-refractivity contribution in [3.63, 3.8) is 0 Å². The number of nitrogens with zero attached hydrogens (tertiary/aromatic N) is 2. The van der Waals surface area contributed by atoms with Gasteiger partial charge in [0, 0.05) is 0 Å². The SMILES string of the molecule is O=[N+]([O-])[O-].O=[N+]([O-])[O-].[Cu+2].[Mg+2]. The Bertz CT molecular complexity index is 73.7. The molecule has 57 valence electrons. The van der Waals surface area contributed by atoms with Crippen LogP contribution in [0.5, 0.6) is 0 Å². The summed E-state index contributed by atoms with van der Waals surface area (Å²) in [4.78, 5) is 16.5. The zero-order chi connectivity index (χ0) is 7.15. The van der Waals surface area contributed by atoms with Crippen LogP contribution in [0.2, 0.25) is 0 Å². The fraction of sp³-hybridized carbons (Fsp3) is 0. The Balaban J connectivity index is -0.0000000300. The van der Waals surface area contributed by atoms with E-state index in [1.165, 1.54) is 0 Å². The van der Waals surface area contributed by atoms with Gasteiger partial charge >= 0.3 is 40.1 Å². The third-order valence-electron chi connectivity index (χ3n) is 0. The van der Waals surface area contributed by atoms with Crippen LogP contribution < -0.4 is 0 Å². The van der Waals surface area contributed by atoms with E-state index in [-0.39, 0.29) is 40.1 Å². The summed E-state index contributed by atoms with van der Waals surface area (Å²) in [5.74, 6) is 0. The monoisotopic (exact) mass is 211 g/mol. The van der Waals surface area contributed by atoms with Crippen LogP contribution >= 0.6 is 0 Å². The van der Waals surface area contributed by atoms with E-state index in [4.69, 9.17) is 30.6 Å². The van der Waals surface area contributed by atoms with Gasteiger partial charge < -0.3 is 30.6 Å². The molecule has 0 bridgehead atoms. The molecule has 0 aliphatic carbocycles. The molecule has 0 atom stereocenters. The molecule has 0 fully saturated rings. The van der Waals surface area contributed by atoms with Gasteiger partial charge in [-0.05, 0) is 0 Å². The second-order valence-corrected chi connectivity index (χ2v) is 0.447. The van der Waals surface area contributed by atoms with Gasteiger partial charge in [0.1, 0.15) is 0 Å². The van der Waals surface area contributed by atoms with E-state index in [0.29, 0.717) is 0 Å². The molecule has 0 aliphatic rings. The Morgan fingerprint density at radius 3 is 0.800 bits per heavy atom. The zero-order valence-corrected chi connectivity index (χ0v) is 6.71. The summed E-state index contributed by atoms with van der Waals surface area (Å²) >= 11 is 0. The van der Waals surface area contributed by atoms with Crippen LogP contribution in [0.15, 0.2) is 0 Å². The standard InChI is InChI=1S/Cu.Mg.2NO3/c;;2*2-1(3)4/q2*+2;2*-1. The molecule has 0 unspecified atom stereocenters. The first-order valence-corrected chi connectivity index (χ1v) is 1.10. The minimum Gasteiger partial charge on any atom is -0.356 e. The molecule has 10 heavy (non-hydrogen) atoms. The van der Waals surface area contributed by atoms with Gasteiger partial charge in [0.25, 0.3) is 0 Å². The average Bonchev–Trinajstić information content (AvgIpc) is 1.25. The Labute approximate surface area is 81.0 Å². The summed E-state index contributed by atoms with van der Waals surface area (Å²) in [5.41, 5.74) is 0. The second kappa shape index (κ2) is 15.9. The van der Waals surface area contributed by atoms with Gasteiger partial charge in [-0.1, -0.05) is 0 Å². The second-order valence-electron chi connectivity index (χ2n) is 0.447. The summed E-state index contributed by atoms with van der Waals surface area (Å²) in [5, 5.41) is 29.5. The Morgan fingerprint density at radius 1 is 0.800 bits per heavy atom. The molecule has 0 saturated heterocycles. The van der Waals surface area contributed by atoms with E-state index in [1.54, 1.807) is 0 Å². The number of rotatable bonds is 0. The summed E-state index contributed by atoms with van der Waals surface area (Å²) in [6, 6.07) is 0. The normalized spacial score (nSPS) is 4.80. The van der Waals surface area contributed by atoms with E-state index in [9.17, 15) is 0 Å². The largest absolute Gasteiger partial charge is 2.00 e. The van der Waals surface area contributed by atoms with Crippen LogP contribution in [0.4, 0.5) is 0 Å².